The van der Waals surface area contributed by atoms with Crippen molar-refractivity contribution >= 4 is 5.82 Å². The highest BCUT2D eigenvalue weighted by molar-refractivity contribution is 5.36. The molecule has 2 saturated carbocycles. The number of aromatic nitrogens is 2. The molecule has 1 heterocycles. The maximum absolute atomic E-state index is 11.7. The smallest absolute Gasteiger partial charge is 0.252 e. The Hall–Kier alpha value is -1.36. The average molecular weight is 262 g/mol. The minimum atomic E-state index is -0.0680. The molecule has 0 aliphatic heterocycles. The van der Waals surface area contributed by atoms with E-state index in [1.165, 1.54) is 19.3 Å². The van der Waals surface area contributed by atoms with Crippen molar-refractivity contribution in [1.29, 1.82) is 0 Å². The summed E-state index contributed by atoms with van der Waals surface area (Å²) in [5, 5.41) is 3.38. The van der Waals surface area contributed by atoms with E-state index in [-0.39, 0.29) is 17.6 Å². The monoisotopic (exact) mass is 262 g/mol. The van der Waals surface area contributed by atoms with Gasteiger partial charge in [0.15, 0.2) is 0 Å². The Labute approximate surface area is 113 Å². The van der Waals surface area contributed by atoms with Crippen LogP contribution in [0.3, 0.4) is 0 Å². The fraction of sp³-hybridized carbons (Fsp3) is 0.714. The van der Waals surface area contributed by atoms with Crippen LogP contribution in [0.15, 0.2) is 10.9 Å². The molecule has 5 nitrogen and oxygen atoms in total. The highest BCUT2D eigenvalue weighted by Crippen LogP contribution is 2.37. The van der Waals surface area contributed by atoms with Crippen LogP contribution >= 0.6 is 0 Å². The number of anilines is 1. The third-order valence-corrected chi connectivity index (χ3v) is 4.13. The fourth-order valence-corrected chi connectivity index (χ4v) is 2.81. The van der Waals surface area contributed by atoms with Gasteiger partial charge < -0.3 is 16.0 Å². The van der Waals surface area contributed by atoms with Gasteiger partial charge in [0.25, 0.3) is 5.56 Å². The lowest BCUT2D eigenvalue weighted by molar-refractivity contribution is 0.526. The highest BCUT2D eigenvalue weighted by Gasteiger charge is 2.27. The van der Waals surface area contributed by atoms with Crippen molar-refractivity contribution in [2.75, 3.05) is 5.32 Å². The van der Waals surface area contributed by atoms with Gasteiger partial charge in [0, 0.05) is 24.1 Å². The maximum atomic E-state index is 11.7. The van der Waals surface area contributed by atoms with E-state index >= 15 is 0 Å². The van der Waals surface area contributed by atoms with Crippen LogP contribution in [0.1, 0.15) is 56.7 Å². The number of nitrogens with zero attached hydrogens (tertiary/aromatic N) is 1. The van der Waals surface area contributed by atoms with E-state index < -0.39 is 0 Å². The van der Waals surface area contributed by atoms with Gasteiger partial charge in [0.05, 0.1) is 0 Å². The number of aromatic amines is 1. The highest BCUT2D eigenvalue weighted by atomic mass is 16.1. The van der Waals surface area contributed by atoms with Crippen LogP contribution < -0.4 is 16.6 Å². The van der Waals surface area contributed by atoms with Crippen LogP contribution in [0.25, 0.3) is 0 Å². The van der Waals surface area contributed by atoms with Crippen molar-refractivity contribution in [3.8, 4) is 0 Å². The number of hydrogen-bond acceptors (Lipinski definition) is 4. The second kappa shape index (κ2) is 5.33. The molecule has 4 N–H and O–H groups in total. The van der Waals surface area contributed by atoms with Crippen LogP contribution in [0.5, 0.6) is 0 Å². The molecule has 19 heavy (non-hydrogen) atoms. The molecule has 1 aromatic heterocycles. The maximum Gasteiger partial charge on any atom is 0.252 e. The van der Waals surface area contributed by atoms with Crippen molar-refractivity contribution in [2.45, 2.75) is 62.9 Å². The van der Waals surface area contributed by atoms with Crippen molar-refractivity contribution < 1.29 is 0 Å². The zero-order valence-corrected chi connectivity index (χ0v) is 11.2. The van der Waals surface area contributed by atoms with Gasteiger partial charge in [0.1, 0.15) is 11.6 Å². The van der Waals surface area contributed by atoms with E-state index in [0.29, 0.717) is 11.7 Å². The molecule has 0 amide bonds. The molecule has 2 aliphatic carbocycles. The summed E-state index contributed by atoms with van der Waals surface area (Å²) in [6.45, 7) is 0. The van der Waals surface area contributed by atoms with Gasteiger partial charge in [-0.3, -0.25) is 4.79 Å². The Morgan fingerprint density at radius 1 is 1.21 bits per heavy atom. The van der Waals surface area contributed by atoms with Gasteiger partial charge in [-0.2, -0.15) is 0 Å². The summed E-state index contributed by atoms with van der Waals surface area (Å²) in [5.41, 5.74) is 6.13. The molecule has 2 atom stereocenters. The van der Waals surface area contributed by atoms with Gasteiger partial charge in [-0.25, -0.2) is 4.98 Å². The van der Waals surface area contributed by atoms with E-state index in [2.05, 4.69) is 15.3 Å². The van der Waals surface area contributed by atoms with E-state index in [1.54, 1.807) is 6.07 Å². The normalized spacial score (nSPS) is 27.8. The van der Waals surface area contributed by atoms with E-state index in [0.717, 1.165) is 31.5 Å². The topological polar surface area (TPSA) is 83.8 Å². The summed E-state index contributed by atoms with van der Waals surface area (Å²) < 4.78 is 0. The Morgan fingerprint density at radius 2 is 2.00 bits per heavy atom. The van der Waals surface area contributed by atoms with Gasteiger partial charge >= 0.3 is 0 Å². The minimum absolute atomic E-state index is 0.0680. The van der Waals surface area contributed by atoms with E-state index in [4.69, 9.17) is 5.73 Å². The molecule has 2 aliphatic rings. The van der Waals surface area contributed by atoms with Crippen LogP contribution in [-0.4, -0.2) is 22.1 Å². The first-order valence-corrected chi connectivity index (χ1v) is 7.36. The third kappa shape index (κ3) is 3.15. The summed E-state index contributed by atoms with van der Waals surface area (Å²) >= 11 is 0. The number of nitrogens with two attached hydrogens (primary N) is 1. The number of H-pyrrole nitrogens is 1. The quantitative estimate of drug-likeness (QED) is 0.724. The SMILES string of the molecule is NC1CCCCCC1Nc1cc(=O)[nH]c(C2CC2)n1. The molecule has 0 aromatic carbocycles. The van der Waals surface area contributed by atoms with Crippen molar-refractivity contribution in [3.05, 3.63) is 22.2 Å². The second-order valence-electron chi connectivity index (χ2n) is 5.84. The van der Waals surface area contributed by atoms with Crippen molar-refractivity contribution in [1.82, 2.24) is 9.97 Å². The van der Waals surface area contributed by atoms with Gasteiger partial charge in [-0.1, -0.05) is 19.3 Å². The zero-order chi connectivity index (χ0) is 13.2. The molecule has 104 valence electrons. The van der Waals surface area contributed by atoms with Gasteiger partial charge in [0.2, 0.25) is 0 Å². The molecular weight excluding hydrogens is 240 g/mol. The predicted molar refractivity (Wildman–Crippen MR) is 75.3 cm³/mol. The number of nitrogens with one attached hydrogen (secondary N) is 2. The van der Waals surface area contributed by atoms with E-state index in [9.17, 15) is 4.79 Å². The summed E-state index contributed by atoms with van der Waals surface area (Å²) in [5.74, 6) is 1.97. The fourth-order valence-electron chi connectivity index (χ4n) is 2.81. The largest absolute Gasteiger partial charge is 0.366 e. The molecule has 5 heteroatoms. The summed E-state index contributed by atoms with van der Waals surface area (Å²) in [7, 11) is 0. The minimum Gasteiger partial charge on any atom is -0.366 e. The summed E-state index contributed by atoms with van der Waals surface area (Å²) in [6.07, 6.45) is 8.04. The van der Waals surface area contributed by atoms with Crippen LogP contribution in [-0.2, 0) is 0 Å². The van der Waals surface area contributed by atoms with Crippen LogP contribution in [0, 0.1) is 0 Å². The molecule has 1 aromatic rings. The molecule has 2 unspecified atom stereocenters. The van der Waals surface area contributed by atoms with Gasteiger partial charge in [-0.15, -0.1) is 0 Å². The number of hydrogen-bond donors (Lipinski definition) is 3. The lowest BCUT2D eigenvalue weighted by atomic mass is 10.0. The molecule has 3 rings (SSSR count). The Bertz CT molecular complexity index is 494. The average Bonchev–Trinajstić information content (AvgIpc) is 3.19. The van der Waals surface area contributed by atoms with Crippen molar-refractivity contribution in [2.24, 2.45) is 5.73 Å². The van der Waals surface area contributed by atoms with Crippen LogP contribution in [0.4, 0.5) is 5.82 Å². The lowest BCUT2D eigenvalue weighted by Crippen LogP contribution is -2.39. The predicted octanol–water partition coefficient (Wildman–Crippen LogP) is 1.72. The van der Waals surface area contributed by atoms with Gasteiger partial charge in [-0.05, 0) is 25.7 Å². The Balaban J connectivity index is 1.76. The third-order valence-electron chi connectivity index (χ3n) is 4.13. The first-order valence-electron chi connectivity index (χ1n) is 7.36. The first kappa shape index (κ1) is 12.7. The summed E-state index contributed by atoms with van der Waals surface area (Å²) in [6, 6.07) is 1.94. The number of rotatable bonds is 3. The molecule has 0 saturated heterocycles. The second-order valence-corrected chi connectivity index (χ2v) is 5.84. The Kier molecular flexibility index (Phi) is 3.55. The lowest BCUT2D eigenvalue weighted by Gasteiger charge is -2.23. The van der Waals surface area contributed by atoms with Crippen LogP contribution in [0.2, 0.25) is 0 Å². The molecule has 2 fully saturated rings. The molecule has 0 bridgehead atoms. The standard InChI is InChI=1S/C14H22N4O/c15-10-4-2-1-3-5-11(10)16-12-8-13(19)18-14(17-12)9-6-7-9/h8-11H,1-7,15H2,(H2,16,17,18,19). The zero-order valence-electron chi connectivity index (χ0n) is 11.2. The Morgan fingerprint density at radius 3 is 2.79 bits per heavy atom. The summed E-state index contributed by atoms with van der Waals surface area (Å²) in [4.78, 5) is 19.0. The molecule has 0 spiro atoms. The van der Waals surface area contributed by atoms with E-state index in [1.807, 2.05) is 0 Å². The first-order chi connectivity index (χ1) is 9.22. The van der Waals surface area contributed by atoms with Crippen molar-refractivity contribution in [3.63, 3.8) is 0 Å². The molecular formula is C14H22N4O. The molecule has 0 radical (unpaired) electrons.